The predicted octanol–water partition coefficient (Wildman–Crippen LogP) is 5.86. The van der Waals surface area contributed by atoms with Crippen molar-refractivity contribution in [3.63, 3.8) is 0 Å². The van der Waals surface area contributed by atoms with Gasteiger partial charge in [0.1, 0.15) is 0 Å². The van der Waals surface area contributed by atoms with Crippen LogP contribution in [0.15, 0.2) is 101 Å². The minimum absolute atomic E-state index is 0.103. The zero-order valence-corrected chi connectivity index (χ0v) is 18.5. The summed E-state index contributed by atoms with van der Waals surface area (Å²) in [6.07, 6.45) is 8.23. The van der Waals surface area contributed by atoms with Crippen molar-refractivity contribution in [2.75, 3.05) is 10.3 Å². The van der Waals surface area contributed by atoms with Crippen molar-refractivity contribution in [1.29, 1.82) is 0 Å². The first-order valence-electron chi connectivity index (χ1n) is 11.0. The summed E-state index contributed by atoms with van der Waals surface area (Å²) in [5, 5.41) is 12.0. The first-order valence-corrected chi connectivity index (χ1v) is 11.8. The van der Waals surface area contributed by atoms with Crippen LogP contribution >= 0.6 is 11.8 Å². The quantitative estimate of drug-likeness (QED) is 0.366. The molecule has 33 heavy (non-hydrogen) atoms. The van der Waals surface area contributed by atoms with Gasteiger partial charge in [-0.05, 0) is 24.3 Å². The van der Waals surface area contributed by atoms with E-state index in [1.807, 2.05) is 35.0 Å². The third kappa shape index (κ3) is 2.93. The Balaban J connectivity index is 1.34. The molecule has 1 saturated heterocycles. The van der Waals surface area contributed by atoms with E-state index in [1.54, 1.807) is 12.4 Å². The molecule has 2 unspecified atom stereocenters. The largest absolute Gasteiger partial charge is 0.353 e. The van der Waals surface area contributed by atoms with Gasteiger partial charge in [-0.1, -0.05) is 54.2 Å². The van der Waals surface area contributed by atoms with E-state index in [1.165, 1.54) is 21.0 Å². The summed E-state index contributed by atoms with van der Waals surface area (Å²) >= 11 is 1.82. The van der Waals surface area contributed by atoms with E-state index in [9.17, 15) is 0 Å². The molecule has 7 rings (SSSR count). The normalized spacial score (nSPS) is 18.8. The van der Waals surface area contributed by atoms with E-state index in [-0.39, 0.29) is 12.1 Å². The number of hydrogen-bond donors (Lipinski definition) is 1. The molecule has 0 radical (unpaired) electrons. The zero-order chi connectivity index (χ0) is 21.8. The van der Waals surface area contributed by atoms with E-state index < -0.39 is 0 Å². The number of para-hydroxylation sites is 3. The molecule has 3 aromatic carbocycles. The lowest BCUT2D eigenvalue weighted by atomic mass is 9.86. The highest BCUT2D eigenvalue weighted by atomic mass is 32.2. The Kier molecular flexibility index (Phi) is 4.17. The Bertz CT molecular complexity index is 1480. The maximum atomic E-state index is 4.79. The van der Waals surface area contributed by atoms with Crippen molar-refractivity contribution < 1.29 is 0 Å². The molecule has 0 saturated carbocycles. The van der Waals surface area contributed by atoms with Gasteiger partial charge in [-0.25, -0.2) is 0 Å². The molecule has 1 N–H and O–H groups in total. The predicted molar refractivity (Wildman–Crippen MR) is 130 cm³/mol. The number of benzene rings is 3. The van der Waals surface area contributed by atoms with Crippen LogP contribution in [0.3, 0.4) is 0 Å². The molecule has 5 aromatic rings. The summed E-state index contributed by atoms with van der Waals surface area (Å²) in [5.41, 5.74) is 5.67. The van der Waals surface area contributed by atoms with Gasteiger partial charge in [0.25, 0.3) is 0 Å². The van der Waals surface area contributed by atoms with Crippen LogP contribution in [0.25, 0.3) is 10.9 Å². The summed E-state index contributed by atoms with van der Waals surface area (Å²) in [4.78, 5) is 13.5. The van der Waals surface area contributed by atoms with Crippen molar-refractivity contribution in [3.8, 4) is 0 Å². The fourth-order valence-corrected chi connectivity index (χ4v) is 5.91. The monoisotopic (exact) mass is 448 g/mol. The highest BCUT2D eigenvalue weighted by Crippen LogP contribution is 2.52. The smallest absolute Gasteiger partial charge is 0.0937 e. The van der Waals surface area contributed by atoms with Gasteiger partial charge in [-0.3, -0.25) is 15.0 Å². The van der Waals surface area contributed by atoms with Crippen molar-refractivity contribution >= 4 is 34.0 Å². The Labute approximate surface area is 195 Å². The molecule has 2 atom stereocenters. The summed E-state index contributed by atoms with van der Waals surface area (Å²) in [7, 11) is 0. The zero-order valence-electron chi connectivity index (χ0n) is 17.7. The van der Waals surface area contributed by atoms with Gasteiger partial charge < -0.3 is 5.32 Å². The van der Waals surface area contributed by atoms with E-state index >= 15 is 0 Å². The number of fused-ring (bicyclic) bond motifs is 3. The number of nitrogens with zero attached hydrogens (tertiary/aromatic N) is 5. The van der Waals surface area contributed by atoms with Crippen molar-refractivity contribution in [1.82, 2.24) is 19.9 Å². The number of hydrogen-bond acceptors (Lipinski definition) is 6. The van der Waals surface area contributed by atoms with Gasteiger partial charge in [-0.15, -0.1) is 0 Å². The number of rotatable bonds is 3. The second-order valence-corrected chi connectivity index (χ2v) is 9.40. The second kappa shape index (κ2) is 7.35. The molecule has 7 heteroatoms. The minimum atomic E-state index is 0.103. The second-order valence-electron chi connectivity index (χ2n) is 8.31. The van der Waals surface area contributed by atoms with Gasteiger partial charge in [0.05, 0.1) is 47.1 Å². The summed E-state index contributed by atoms with van der Waals surface area (Å²) in [5.74, 6) is 0. The molecule has 0 amide bonds. The molecule has 160 valence electrons. The van der Waals surface area contributed by atoms with Gasteiger partial charge in [0, 0.05) is 39.6 Å². The van der Waals surface area contributed by atoms with Gasteiger partial charge in [0.15, 0.2) is 0 Å². The van der Waals surface area contributed by atoms with Crippen LogP contribution in [0.1, 0.15) is 29.8 Å². The molecule has 0 aliphatic carbocycles. The molecule has 0 bridgehead atoms. The molecule has 2 aliphatic rings. The Morgan fingerprint density at radius 1 is 0.848 bits per heavy atom. The Hall–Kier alpha value is -3.84. The number of anilines is 2. The first kappa shape index (κ1) is 18.7. The highest BCUT2D eigenvalue weighted by Gasteiger charge is 2.44. The lowest BCUT2D eigenvalue weighted by Gasteiger charge is -2.50. The number of aromatic nitrogens is 4. The summed E-state index contributed by atoms with van der Waals surface area (Å²) in [6.45, 7) is 0. The molecular weight excluding hydrogens is 428 g/mol. The van der Waals surface area contributed by atoms with Crippen LogP contribution in [0.5, 0.6) is 0 Å². The van der Waals surface area contributed by atoms with Crippen LogP contribution in [0.2, 0.25) is 0 Å². The molecule has 2 aliphatic heterocycles. The Morgan fingerprint density at radius 2 is 1.73 bits per heavy atom. The lowest BCUT2D eigenvalue weighted by molar-refractivity contribution is 0.249. The third-order valence-corrected chi connectivity index (χ3v) is 7.61. The highest BCUT2D eigenvalue weighted by molar-refractivity contribution is 7.99. The van der Waals surface area contributed by atoms with Gasteiger partial charge in [0.2, 0.25) is 0 Å². The first-order chi connectivity index (χ1) is 16.4. The van der Waals surface area contributed by atoms with Crippen molar-refractivity contribution in [2.45, 2.75) is 28.3 Å². The van der Waals surface area contributed by atoms with Crippen LogP contribution in [0.4, 0.5) is 11.4 Å². The fourth-order valence-electron chi connectivity index (χ4n) is 4.88. The fraction of sp³-hybridized carbons (Fsp3) is 0.115. The van der Waals surface area contributed by atoms with Crippen molar-refractivity contribution in [2.24, 2.45) is 0 Å². The SMILES string of the molecule is c1ccc2c(c1)Nc1c(cccc1C1CC(c3cnccn3)N1n1ncc3ccccc31)S2. The van der Waals surface area contributed by atoms with Crippen LogP contribution in [0, 0.1) is 0 Å². The molecule has 1 fully saturated rings. The van der Waals surface area contributed by atoms with E-state index in [0.29, 0.717) is 0 Å². The average molecular weight is 449 g/mol. The van der Waals surface area contributed by atoms with Gasteiger partial charge in [-0.2, -0.15) is 9.89 Å². The molecule has 0 spiro atoms. The average Bonchev–Trinajstić information content (AvgIpc) is 3.26. The van der Waals surface area contributed by atoms with Crippen molar-refractivity contribution in [3.05, 3.63) is 103 Å². The maximum absolute atomic E-state index is 4.79. The van der Waals surface area contributed by atoms with Gasteiger partial charge >= 0.3 is 0 Å². The third-order valence-electron chi connectivity index (χ3n) is 6.47. The minimum Gasteiger partial charge on any atom is -0.353 e. The molecule has 6 nitrogen and oxygen atoms in total. The molecular formula is C26H20N6S. The van der Waals surface area contributed by atoms with Crippen LogP contribution < -0.4 is 10.3 Å². The topological polar surface area (TPSA) is 58.9 Å². The van der Waals surface area contributed by atoms with Crippen LogP contribution in [-0.2, 0) is 0 Å². The lowest BCUT2D eigenvalue weighted by Crippen LogP contribution is -2.52. The molecule has 4 heterocycles. The van der Waals surface area contributed by atoms with E-state index in [0.717, 1.165) is 28.7 Å². The maximum Gasteiger partial charge on any atom is 0.0937 e. The van der Waals surface area contributed by atoms with E-state index in [2.05, 4.69) is 81.0 Å². The standard InChI is InChI=1S/C26H20N6S/c1-3-9-21-17(6-1)15-29-32(21)31-22(14-23(31)20-16-27-12-13-28-20)18-7-5-11-25-26(18)30-19-8-2-4-10-24(19)33-25/h1-13,15-16,22-23,30H,14H2. The van der Waals surface area contributed by atoms with Crippen LogP contribution in [-0.4, -0.2) is 19.9 Å². The molecule has 2 aromatic heterocycles. The summed E-state index contributed by atoms with van der Waals surface area (Å²) in [6, 6.07) is 23.7. The van der Waals surface area contributed by atoms with E-state index in [4.69, 9.17) is 5.10 Å². The Morgan fingerprint density at radius 3 is 2.67 bits per heavy atom. The number of nitrogens with one attached hydrogen (secondary N) is 1. The summed E-state index contributed by atoms with van der Waals surface area (Å²) < 4.78 is 0.